The van der Waals surface area contributed by atoms with Crippen molar-refractivity contribution in [1.82, 2.24) is 20.0 Å². The van der Waals surface area contributed by atoms with Gasteiger partial charge in [-0.2, -0.15) is 5.10 Å². The molecule has 33 heavy (non-hydrogen) atoms. The lowest BCUT2D eigenvalue weighted by atomic mass is 10.2. The molecule has 1 amide bonds. The maximum absolute atomic E-state index is 13.3. The molecule has 0 saturated carbocycles. The van der Waals surface area contributed by atoms with Gasteiger partial charge in [0, 0.05) is 18.0 Å². The van der Waals surface area contributed by atoms with Crippen molar-refractivity contribution in [2.45, 2.75) is 12.1 Å². The Bertz CT molecular complexity index is 1370. The first-order valence-electron chi connectivity index (χ1n) is 10.1. The Labute approximate surface area is 194 Å². The van der Waals surface area contributed by atoms with Gasteiger partial charge in [-0.25, -0.2) is 10.4 Å². The molecular formula is C24H21N5O3S. The zero-order chi connectivity index (χ0) is 23.2. The van der Waals surface area contributed by atoms with Gasteiger partial charge in [0.25, 0.3) is 11.5 Å². The molecule has 2 aromatic carbocycles. The maximum atomic E-state index is 13.3. The lowest BCUT2D eigenvalue weighted by molar-refractivity contribution is -0.118. The number of hydrogen-bond acceptors (Lipinski definition) is 7. The molecule has 0 fully saturated rings. The van der Waals surface area contributed by atoms with Crippen LogP contribution in [0.5, 0.6) is 5.75 Å². The quantitative estimate of drug-likeness (QED) is 0.197. The molecule has 4 rings (SSSR count). The van der Waals surface area contributed by atoms with Crippen LogP contribution in [0.4, 0.5) is 0 Å². The van der Waals surface area contributed by atoms with E-state index in [4.69, 9.17) is 4.74 Å². The van der Waals surface area contributed by atoms with Crippen molar-refractivity contribution >= 4 is 34.3 Å². The van der Waals surface area contributed by atoms with Crippen LogP contribution in [-0.4, -0.2) is 39.0 Å². The molecule has 8 nitrogen and oxygen atoms in total. The number of carbonyl (C=O) groups is 1. The number of pyridine rings is 1. The Balaban J connectivity index is 1.60. The van der Waals surface area contributed by atoms with Crippen molar-refractivity contribution in [2.24, 2.45) is 5.10 Å². The Hall–Kier alpha value is -3.98. The first-order valence-corrected chi connectivity index (χ1v) is 11.1. The summed E-state index contributed by atoms with van der Waals surface area (Å²) in [6, 6.07) is 17.9. The second-order valence-electron chi connectivity index (χ2n) is 7.01. The number of rotatable bonds is 7. The van der Waals surface area contributed by atoms with E-state index in [1.54, 1.807) is 75.0 Å². The highest BCUT2D eigenvalue weighted by Crippen LogP contribution is 2.22. The molecule has 0 radical (unpaired) electrons. The number of aromatic nitrogens is 3. The van der Waals surface area contributed by atoms with E-state index < -0.39 is 0 Å². The van der Waals surface area contributed by atoms with Crippen LogP contribution < -0.4 is 15.7 Å². The van der Waals surface area contributed by atoms with E-state index in [1.807, 2.05) is 12.1 Å². The van der Waals surface area contributed by atoms with Gasteiger partial charge in [0.15, 0.2) is 5.16 Å². The molecule has 0 spiro atoms. The number of amides is 1. The number of nitrogens with one attached hydrogen (secondary N) is 1. The number of methoxy groups -OCH3 is 1. The minimum atomic E-state index is -0.313. The number of para-hydroxylation sites is 1. The van der Waals surface area contributed by atoms with Crippen LogP contribution in [0.25, 0.3) is 16.6 Å². The standard InChI is InChI=1S/C24H21N5O3S/c1-16(17-6-5-13-25-14-17)27-28-22(30)15-33-24-26-21-8-4-3-7-20(21)23(31)29(24)18-9-11-19(32-2)12-10-18/h3-14H,15H2,1-2H3,(H,28,30)/b27-16+. The van der Waals surface area contributed by atoms with E-state index in [-0.39, 0.29) is 17.2 Å². The van der Waals surface area contributed by atoms with Gasteiger partial charge in [-0.3, -0.25) is 19.1 Å². The monoisotopic (exact) mass is 459 g/mol. The largest absolute Gasteiger partial charge is 0.497 e. The molecule has 2 heterocycles. The fourth-order valence-corrected chi connectivity index (χ4v) is 3.92. The van der Waals surface area contributed by atoms with Gasteiger partial charge in [0.1, 0.15) is 5.75 Å². The SMILES string of the molecule is COc1ccc(-n2c(SCC(=O)N/N=C(\C)c3cccnc3)nc3ccccc3c2=O)cc1. The molecule has 0 saturated heterocycles. The van der Waals surface area contributed by atoms with Crippen molar-refractivity contribution in [2.75, 3.05) is 12.9 Å². The van der Waals surface area contributed by atoms with Crippen LogP contribution in [0.15, 0.2) is 88.1 Å². The molecule has 0 bridgehead atoms. The molecule has 0 unspecified atom stereocenters. The second-order valence-corrected chi connectivity index (χ2v) is 7.96. The summed E-state index contributed by atoms with van der Waals surface area (Å²) in [5.74, 6) is 0.396. The van der Waals surface area contributed by atoms with Crippen LogP contribution >= 0.6 is 11.8 Å². The Morgan fingerprint density at radius 2 is 1.91 bits per heavy atom. The van der Waals surface area contributed by atoms with Gasteiger partial charge in [-0.05, 0) is 49.4 Å². The molecule has 0 aliphatic rings. The van der Waals surface area contributed by atoms with Crippen LogP contribution in [0.1, 0.15) is 12.5 Å². The van der Waals surface area contributed by atoms with Gasteiger partial charge in [0.2, 0.25) is 0 Å². The minimum absolute atomic E-state index is 0.0325. The van der Waals surface area contributed by atoms with Crippen LogP contribution in [-0.2, 0) is 4.79 Å². The third-order valence-corrected chi connectivity index (χ3v) is 5.77. The zero-order valence-corrected chi connectivity index (χ0v) is 18.9. The highest BCUT2D eigenvalue weighted by atomic mass is 32.2. The summed E-state index contributed by atoms with van der Waals surface area (Å²) in [6.07, 6.45) is 3.34. The number of carbonyl (C=O) groups excluding carboxylic acids is 1. The Kier molecular flexibility index (Phi) is 6.80. The molecule has 0 aliphatic heterocycles. The molecule has 0 atom stereocenters. The number of benzene rings is 2. The van der Waals surface area contributed by atoms with Crippen LogP contribution in [0, 0.1) is 0 Å². The third kappa shape index (κ3) is 5.09. The average Bonchev–Trinajstić information content (AvgIpc) is 2.87. The summed E-state index contributed by atoms with van der Waals surface area (Å²) in [4.78, 5) is 34.4. The fourth-order valence-electron chi connectivity index (χ4n) is 3.12. The van der Waals surface area contributed by atoms with Crippen molar-refractivity contribution in [3.8, 4) is 11.4 Å². The van der Waals surface area contributed by atoms with Gasteiger partial charge in [-0.1, -0.05) is 30.0 Å². The van der Waals surface area contributed by atoms with Crippen LogP contribution in [0.2, 0.25) is 0 Å². The van der Waals surface area contributed by atoms with Crippen LogP contribution in [0.3, 0.4) is 0 Å². The number of fused-ring (bicyclic) bond motifs is 1. The van der Waals surface area contributed by atoms with Crippen molar-refractivity contribution in [3.63, 3.8) is 0 Å². The molecule has 4 aromatic rings. The topological polar surface area (TPSA) is 98.5 Å². The highest BCUT2D eigenvalue weighted by molar-refractivity contribution is 7.99. The van der Waals surface area contributed by atoms with E-state index in [9.17, 15) is 9.59 Å². The third-order valence-electron chi connectivity index (χ3n) is 4.84. The molecule has 9 heteroatoms. The van der Waals surface area contributed by atoms with Gasteiger partial charge in [-0.15, -0.1) is 0 Å². The number of ether oxygens (including phenoxy) is 1. The van der Waals surface area contributed by atoms with Crippen molar-refractivity contribution in [1.29, 1.82) is 0 Å². The summed E-state index contributed by atoms with van der Waals surface area (Å²) in [5.41, 5.74) is 4.99. The molecule has 166 valence electrons. The average molecular weight is 460 g/mol. The first kappa shape index (κ1) is 22.2. The maximum Gasteiger partial charge on any atom is 0.266 e. The van der Waals surface area contributed by atoms with E-state index >= 15 is 0 Å². The summed E-state index contributed by atoms with van der Waals surface area (Å²) >= 11 is 1.16. The van der Waals surface area contributed by atoms with Gasteiger partial charge in [0.05, 0.1) is 35.2 Å². The lowest BCUT2D eigenvalue weighted by Gasteiger charge is -2.13. The zero-order valence-electron chi connectivity index (χ0n) is 18.1. The van der Waals surface area contributed by atoms with E-state index in [2.05, 4.69) is 20.5 Å². The van der Waals surface area contributed by atoms with E-state index in [0.717, 1.165) is 17.3 Å². The smallest absolute Gasteiger partial charge is 0.266 e. The Morgan fingerprint density at radius 1 is 1.12 bits per heavy atom. The molecule has 0 aliphatic carbocycles. The molecule has 1 N–H and O–H groups in total. The lowest BCUT2D eigenvalue weighted by Crippen LogP contribution is -2.24. The number of thioether (sulfide) groups is 1. The van der Waals surface area contributed by atoms with Crippen molar-refractivity contribution in [3.05, 3.63) is 89.0 Å². The highest BCUT2D eigenvalue weighted by Gasteiger charge is 2.15. The van der Waals surface area contributed by atoms with Gasteiger partial charge < -0.3 is 4.74 Å². The minimum Gasteiger partial charge on any atom is -0.497 e. The Morgan fingerprint density at radius 3 is 2.64 bits per heavy atom. The number of nitrogens with zero attached hydrogens (tertiary/aromatic N) is 4. The molecule has 2 aromatic heterocycles. The predicted molar refractivity (Wildman–Crippen MR) is 129 cm³/mol. The summed E-state index contributed by atoms with van der Waals surface area (Å²) in [6.45, 7) is 1.79. The number of hydrazone groups is 1. The summed E-state index contributed by atoms with van der Waals surface area (Å²) < 4.78 is 6.72. The predicted octanol–water partition coefficient (Wildman–Crippen LogP) is 3.42. The summed E-state index contributed by atoms with van der Waals surface area (Å²) in [5, 5.41) is 5.04. The first-order chi connectivity index (χ1) is 16.1. The van der Waals surface area contributed by atoms with E-state index in [0.29, 0.717) is 33.2 Å². The van der Waals surface area contributed by atoms with E-state index in [1.165, 1.54) is 4.57 Å². The summed E-state index contributed by atoms with van der Waals surface area (Å²) in [7, 11) is 1.58. The number of hydrogen-bond donors (Lipinski definition) is 1. The second kappa shape index (κ2) is 10.1. The fraction of sp³-hybridized carbons (Fsp3) is 0.125. The van der Waals surface area contributed by atoms with Crippen molar-refractivity contribution < 1.29 is 9.53 Å². The van der Waals surface area contributed by atoms with Gasteiger partial charge >= 0.3 is 0 Å². The normalized spacial score (nSPS) is 11.4. The molecular weight excluding hydrogens is 438 g/mol.